The van der Waals surface area contributed by atoms with Crippen LogP contribution in [0.4, 0.5) is 0 Å². The van der Waals surface area contributed by atoms with E-state index in [9.17, 15) is 4.79 Å². The SMILES string of the molecule is COCc1ccccc1C#CC#Cc1cc(CN(C)C)sc1C(=O)C#CC#CC(C)(C)C. The molecule has 3 nitrogen and oxygen atoms in total. The van der Waals surface area contributed by atoms with Crippen molar-refractivity contribution >= 4 is 17.1 Å². The first kappa shape index (κ1) is 25.0. The van der Waals surface area contributed by atoms with Gasteiger partial charge in [-0.1, -0.05) is 36.0 Å². The Bertz CT molecular complexity index is 1210. The maximum absolute atomic E-state index is 12.7. The standard InChI is InChI=1S/C28H27NO2S/c1-28(2,3)18-12-11-17-26(30)27-23(19-25(32-27)20-29(4)5)15-9-7-13-22-14-8-10-16-24(22)21-31-6/h8,10,14,16,19H,20-21H2,1-6H3. The summed E-state index contributed by atoms with van der Waals surface area (Å²) >= 11 is 1.41. The Morgan fingerprint density at radius 1 is 1.03 bits per heavy atom. The fraction of sp³-hybridized carbons (Fsp3) is 0.321. The highest BCUT2D eigenvalue weighted by Crippen LogP contribution is 2.23. The van der Waals surface area contributed by atoms with E-state index in [4.69, 9.17) is 4.74 Å². The zero-order valence-electron chi connectivity index (χ0n) is 19.5. The van der Waals surface area contributed by atoms with Gasteiger partial charge in [-0.15, -0.1) is 11.3 Å². The van der Waals surface area contributed by atoms with Gasteiger partial charge in [0.1, 0.15) is 0 Å². The third-order valence-electron chi connectivity index (χ3n) is 3.91. The van der Waals surface area contributed by atoms with Crippen molar-refractivity contribution in [3.8, 4) is 47.4 Å². The molecule has 0 fully saturated rings. The van der Waals surface area contributed by atoms with Crippen LogP contribution in [0.25, 0.3) is 0 Å². The van der Waals surface area contributed by atoms with Crippen LogP contribution in [-0.4, -0.2) is 31.9 Å². The molecular weight excluding hydrogens is 414 g/mol. The predicted octanol–water partition coefficient (Wildman–Crippen LogP) is 4.59. The molecule has 2 rings (SSSR count). The highest BCUT2D eigenvalue weighted by molar-refractivity contribution is 7.14. The monoisotopic (exact) mass is 441 g/mol. The first-order chi connectivity index (χ1) is 15.2. The van der Waals surface area contributed by atoms with Crippen LogP contribution in [0.2, 0.25) is 0 Å². The topological polar surface area (TPSA) is 29.5 Å². The van der Waals surface area contributed by atoms with Gasteiger partial charge in [0.25, 0.3) is 0 Å². The molecule has 32 heavy (non-hydrogen) atoms. The van der Waals surface area contributed by atoms with E-state index in [1.54, 1.807) is 7.11 Å². The van der Waals surface area contributed by atoms with Crippen molar-refractivity contribution in [3.63, 3.8) is 0 Å². The number of nitrogens with zero attached hydrogens (tertiary/aromatic N) is 1. The lowest BCUT2D eigenvalue weighted by molar-refractivity contribution is 0.106. The number of methoxy groups -OCH3 is 1. The van der Waals surface area contributed by atoms with Gasteiger partial charge < -0.3 is 9.64 Å². The molecule has 4 heteroatoms. The van der Waals surface area contributed by atoms with Crippen molar-refractivity contribution in [2.45, 2.75) is 33.9 Å². The zero-order chi connectivity index (χ0) is 23.6. The quantitative estimate of drug-likeness (QED) is 0.386. The van der Waals surface area contributed by atoms with E-state index in [1.807, 2.05) is 70.1 Å². The molecule has 1 aromatic heterocycles. The van der Waals surface area contributed by atoms with Gasteiger partial charge in [-0.2, -0.15) is 0 Å². The van der Waals surface area contributed by atoms with Crippen LogP contribution in [-0.2, 0) is 17.9 Å². The van der Waals surface area contributed by atoms with Gasteiger partial charge in [0.15, 0.2) is 0 Å². The summed E-state index contributed by atoms with van der Waals surface area (Å²) in [6.07, 6.45) is 0. The number of carbonyl (C=O) groups is 1. The minimum atomic E-state index is -0.272. The van der Waals surface area contributed by atoms with Gasteiger partial charge in [-0.3, -0.25) is 4.79 Å². The lowest BCUT2D eigenvalue weighted by Crippen LogP contribution is -2.09. The Hall–Kier alpha value is -3.25. The molecule has 0 aliphatic carbocycles. The molecular formula is C28H27NO2S. The number of ether oxygens (including phenoxy) is 1. The van der Waals surface area contributed by atoms with Crippen LogP contribution >= 0.6 is 11.3 Å². The molecule has 1 heterocycles. The highest BCUT2D eigenvalue weighted by atomic mass is 32.1. The van der Waals surface area contributed by atoms with Crippen LogP contribution in [0.3, 0.4) is 0 Å². The largest absolute Gasteiger partial charge is 0.380 e. The molecule has 2 aromatic rings. The van der Waals surface area contributed by atoms with Gasteiger partial charge in [0.2, 0.25) is 5.78 Å². The molecule has 0 aliphatic rings. The van der Waals surface area contributed by atoms with Crippen LogP contribution in [0.5, 0.6) is 0 Å². The van der Waals surface area contributed by atoms with Crippen molar-refractivity contribution in [2.24, 2.45) is 5.41 Å². The molecule has 0 atom stereocenters. The minimum absolute atomic E-state index is 0.156. The van der Waals surface area contributed by atoms with Crippen LogP contribution in [0, 0.1) is 52.8 Å². The Labute approximate surface area is 196 Å². The molecule has 0 aliphatic heterocycles. The van der Waals surface area contributed by atoms with Gasteiger partial charge in [0.05, 0.1) is 11.5 Å². The summed E-state index contributed by atoms with van der Waals surface area (Å²) in [5.74, 6) is 22.7. The molecule has 0 unspecified atom stereocenters. The van der Waals surface area contributed by atoms with E-state index < -0.39 is 0 Å². The summed E-state index contributed by atoms with van der Waals surface area (Å²) in [6.45, 7) is 7.21. The second-order valence-electron chi connectivity index (χ2n) is 8.36. The molecule has 0 bridgehead atoms. The van der Waals surface area contributed by atoms with E-state index in [-0.39, 0.29) is 11.2 Å². The van der Waals surface area contributed by atoms with Crippen LogP contribution < -0.4 is 0 Å². The van der Waals surface area contributed by atoms with Crippen molar-refractivity contribution in [2.75, 3.05) is 21.2 Å². The highest BCUT2D eigenvalue weighted by Gasteiger charge is 2.14. The van der Waals surface area contributed by atoms with E-state index in [0.29, 0.717) is 17.0 Å². The smallest absolute Gasteiger partial charge is 0.248 e. The van der Waals surface area contributed by atoms with Gasteiger partial charge >= 0.3 is 0 Å². The zero-order valence-corrected chi connectivity index (χ0v) is 20.3. The van der Waals surface area contributed by atoms with Gasteiger partial charge in [0, 0.05) is 35.1 Å². The van der Waals surface area contributed by atoms with E-state index >= 15 is 0 Å². The fourth-order valence-corrected chi connectivity index (χ4v) is 3.70. The maximum atomic E-state index is 12.7. The van der Waals surface area contributed by atoms with Crippen molar-refractivity contribution in [3.05, 3.63) is 56.8 Å². The molecule has 162 valence electrons. The summed E-state index contributed by atoms with van der Waals surface area (Å²) in [5, 5.41) is 0. The molecule has 0 amide bonds. The first-order valence-corrected chi connectivity index (χ1v) is 10.9. The molecule has 0 saturated carbocycles. The summed E-state index contributed by atoms with van der Waals surface area (Å²) in [4.78, 5) is 16.3. The number of ketones is 1. The summed E-state index contributed by atoms with van der Waals surface area (Å²) in [5.41, 5.74) is 2.38. The Kier molecular flexibility index (Phi) is 9.35. The average molecular weight is 442 g/mol. The fourth-order valence-electron chi connectivity index (χ4n) is 2.58. The second-order valence-corrected chi connectivity index (χ2v) is 9.50. The van der Waals surface area contributed by atoms with E-state index in [0.717, 1.165) is 22.5 Å². The van der Waals surface area contributed by atoms with Crippen molar-refractivity contribution in [1.82, 2.24) is 4.90 Å². The molecule has 0 radical (unpaired) electrons. The predicted molar refractivity (Wildman–Crippen MR) is 132 cm³/mol. The van der Waals surface area contributed by atoms with E-state index in [2.05, 4.69) is 47.4 Å². The van der Waals surface area contributed by atoms with Crippen LogP contribution in [0.1, 0.15) is 52.0 Å². The Balaban J connectivity index is 2.33. The number of thiophene rings is 1. The summed E-state index contributed by atoms with van der Waals surface area (Å²) < 4.78 is 5.21. The molecule has 0 N–H and O–H groups in total. The normalized spacial score (nSPS) is 9.97. The summed E-state index contributed by atoms with van der Waals surface area (Å²) in [6, 6.07) is 9.74. The van der Waals surface area contributed by atoms with E-state index in [1.165, 1.54) is 11.3 Å². The second kappa shape index (κ2) is 12.0. The number of Topliss-reactive ketones (excluding diaryl/α,β-unsaturated/α-hetero) is 1. The van der Waals surface area contributed by atoms with Gasteiger partial charge in [-0.05, 0) is 82.2 Å². The van der Waals surface area contributed by atoms with Crippen molar-refractivity contribution < 1.29 is 9.53 Å². The third kappa shape index (κ3) is 8.47. The third-order valence-corrected chi connectivity index (χ3v) is 5.03. The first-order valence-electron chi connectivity index (χ1n) is 10.1. The number of hydrogen-bond donors (Lipinski definition) is 0. The number of benzene rings is 1. The molecule has 0 spiro atoms. The molecule has 0 saturated heterocycles. The van der Waals surface area contributed by atoms with Crippen molar-refractivity contribution in [1.29, 1.82) is 0 Å². The molecule has 1 aromatic carbocycles. The average Bonchev–Trinajstić information content (AvgIpc) is 3.11. The lowest BCUT2D eigenvalue weighted by Gasteiger charge is -2.05. The number of carbonyl (C=O) groups excluding carboxylic acids is 1. The van der Waals surface area contributed by atoms with Crippen LogP contribution in [0.15, 0.2) is 30.3 Å². The van der Waals surface area contributed by atoms with Gasteiger partial charge in [-0.25, -0.2) is 0 Å². The maximum Gasteiger partial charge on any atom is 0.248 e. The number of hydrogen-bond acceptors (Lipinski definition) is 4. The lowest BCUT2D eigenvalue weighted by atomic mass is 9.98. The Morgan fingerprint density at radius 3 is 2.38 bits per heavy atom. The summed E-state index contributed by atoms with van der Waals surface area (Å²) in [7, 11) is 5.62. The number of rotatable bonds is 5. The Morgan fingerprint density at radius 2 is 1.72 bits per heavy atom. The minimum Gasteiger partial charge on any atom is -0.380 e.